The predicted molar refractivity (Wildman–Crippen MR) is 74.7 cm³/mol. The van der Waals surface area contributed by atoms with Gasteiger partial charge in [-0.05, 0) is 31.6 Å². The molecule has 1 fully saturated rings. The number of nitriles is 1. The molecular formula is C15H20FN3O. The maximum absolute atomic E-state index is 13.6. The van der Waals surface area contributed by atoms with Gasteiger partial charge in [-0.3, -0.25) is 4.90 Å². The van der Waals surface area contributed by atoms with E-state index in [0.29, 0.717) is 17.7 Å². The highest BCUT2D eigenvalue weighted by molar-refractivity contribution is 5.32. The summed E-state index contributed by atoms with van der Waals surface area (Å²) in [6.07, 6.45) is 1.04. The molecule has 5 heteroatoms. The Morgan fingerprint density at radius 2 is 2.15 bits per heavy atom. The van der Waals surface area contributed by atoms with Crippen molar-refractivity contribution in [3.05, 3.63) is 35.1 Å². The van der Waals surface area contributed by atoms with Crippen LogP contribution in [0.15, 0.2) is 18.2 Å². The highest BCUT2D eigenvalue weighted by Gasteiger charge is 2.09. The van der Waals surface area contributed by atoms with Gasteiger partial charge in [0.25, 0.3) is 0 Å². The molecule has 1 saturated heterocycles. The summed E-state index contributed by atoms with van der Waals surface area (Å²) in [5, 5.41) is 11.9. The molecule has 1 aliphatic heterocycles. The molecule has 0 aromatic heterocycles. The van der Waals surface area contributed by atoms with Crippen molar-refractivity contribution in [3.63, 3.8) is 0 Å². The molecule has 2 rings (SSSR count). The number of ether oxygens (including phenoxy) is 1. The molecule has 4 nitrogen and oxygen atoms in total. The lowest BCUT2D eigenvalue weighted by Gasteiger charge is -2.26. The second-order valence-corrected chi connectivity index (χ2v) is 4.90. The van der Waals surface area contributed by atoms with E-state index in [9.17, 15) is 4.39 Å². The summed E-state index contributed by atoms with van der Waals surface area (Å²) in [7, 11) is 0. The second-order valence-electron chi connectivity index (χ2n) is 4.90. The smallest absolute Gasteiger partial charge is 0.129 e. The third-order valence-corrected chi connectivity index (χ3v) is 3.43. The van der Waals surface area contributed by atoms with Gasteiger partial charge < -0.3 is 10.1 Å². The Labute approximate surface area is 119 Å². The van der Waals surface area contributed by atoms with Crippen molar-refractivity contribution in [2.45, 2.75) is 13.0 Å². The number of morpholine rings is 1. The van der Waals surface area contributed by atoms with E-state index in [2.05, 4.69) is 10.2 Å². The van der Waals surface area contributed by atoms with Gasteiger partial charge in [-0.2, -0.15) is 5.26 Å². The van der Waals surface area contributed by atoms with Crippen LogP contribution in [0.25, 0.3) is 0 Å². The Balaban J connectivity index is 1.64. The molecule has 0 saturated carbocycles. The summed E-state index contributed by atoms with van der Waals surface area (Å²) in [6.45, 7) is 6.06. The normalized spacial score (nSPS) is 16.0. The minimum Gasteiger partial charge on any atom is -0.379 e. The first-order chi connectivity index (χ1) is 9.79. The van der Waals surface area contributed by atoms with Crippen LogP contribution >= 0.6 is 0 Å². The zero-order valence-electron chi connectivity index (χ0n) is 11.6. The van der Waals surface area contributed by atoms with Gasteiger partial charge in [-0.15, -0.1) is 0 Å². The molecule has 108 valence electrons. The lowest BCUT2D eigenvalue weighted by molar-refractivity contribution is 0.0374. The van der Waals surface area contributed by atoms with E-state index in [4.69, 9.17) is 10.00 Å². The molecule has 0 spiro atoms. The van der Waals surface area contributed by atoms with Crippen molar-refractivity contribution in [2.24, 2.45) is 0 Å². The molecule has 0 radical (unpaired) electrons. The Morgan fingerprint density at radius 3 is 2.85 bits per heavy atom. The van der Waals surface area contributed by atoms with Crippen molar-refractivity contribution in [1.82, 2.24) is 10.2 Å². The third kappa shape index (κ3) is 4.57. The number of benzene rings is 1. The van der Waals surface area contributed by atoms with Crippen LogP contribution < -0.4 is 5.32 Å². The second kappa shape index (κ2) is 7.95. The van der Waals surface area contributed by atoms with Crippen LogP contribution in [0.3, 0.4) is 0 Å². The van der Waals surface area contributed by atoms with E-state index in [0.717, 1.165) is 45.8 Å². The first-order valence-electron chi connectivity index (χ1n) is 6.99. The van der Waals surface area contributed by atoms with Gasteiger partial charge in [0, 0.05) is 25.2 Å². The van der Waals surface area contributed by atoms with Crippen LogP contribution in [0.4, 0.5) is 4.39 Å². The fourth-order valence-electron chi connectivity index (χ4n) is 2.24. The monoisotopic (exact) mass is 277 g/mol. The molecule has 20 heavy (non-hydrogen) atoms. The number of rotatable bonds is 6. The Morgan fingerprint density at radius 1 is 1.35 bits per heavy atom. The quantitative estimate of drug-likeness (QED) is 0.801. The largest absolute Gasteiger partial charge is 0.379 e. The molecule has 1 aliphatic rings. The molecule has 0 bridgehead atoms. The first kappa shape index (κ1) is 14.9. The van der Waals surface area contributed by atoms with Crippen LogP contribution in [-0.2, 0) is 11.3 Å². The molecule has 1 N–H and O–H groups in total. The minimum absolute atomic E-state index is 0.315. The van der Waals surface area contributed by atoms with Gasteiger partial charge in [0.2, 0.25) is 0 Å². The van der Waals surface area contributed by atoms with Crippen molar-refractivity contribution in [1.29, 1.82) is 5.26 Å². The molecule has 0 amide bonds. The summed E-state index contributed by atoms with van der Waals surface area (Å²) in [5.41, 5.74) is 0.967. The molecule has 0 atom stereocenters. The average Bonchev–Trinajstić information content (AvgIpc) is 2.49. The van der Waals surface area contributed by atoms with E-state index in [1.54, 1.807) is 12.1 Å². The number of hydrogen-bond donors (Lipinski definition) is 1. The summed E-state index contributed by atoms with van der Waals surface area (Å²) < 4.78 is 18.9. The third-order valence-electron chi connectivity index (χ3n) is 3.43. The Kier molecular flexibility index (Phi) is 5.93. The van der Waals surface area contributed by atoms with Crippen molar-refractivity contribution >= 4 is 0 Å². The van der Waals surface area contributed by atoms with Gasteiger partial charge >= 0.3 is 0 Å². The summed E-state index contributed by atoms with van der Waals surface area (Å²) in [4.78, 5) is 2.38. The zero-order valence-corrected chi connectivity index (χ0v) is 11.6. The standard InChI is InChI=1S/C15H20FN3O/c16-15-10-13(11-17)2-3-14(15)12-18-4-1-5-19-6-8-20-9-7-19/h2-3,10,18H,1,4-9,12H2. The summed E-state index contributed by atoms with van der Waals surface area (Å²) >= 11 is 0. The lowest BCUT2D eigenvalue weighted by Crippen LogP contribution is -2.37. The van der Waals surface area contributed by atoms with Crippen molar-refractivity contribution in [3.8, 4) is 6.07 Å². The minimum atomic E-state index is -0.315. The van der Waals surface area contributed by atoms with Crippen molar-refractivity contribution in [2.75, 3.05) is 39.4 Å². The molecule has 1 aromatic carbocycles. The maximum Gasteiger partial charge on any atom is 0.129 e. The fourth-order valence-corrected chi connectivity index (χ4v) is 2.24. The highest BCUT2D eigenvalue weighted by atomic mass is 19.1. The zero-order chi connectivity index (χ0) is 14.2. The molecule has 0 aliphatic carbocycles. The number of nitrogens with zero attached hydrogens (tertiary/aromatic N) is 2. The van der Waals surface area contributed by atoms with E-state index in [-0.39, 0.29) is 5.82 Å². The maximum atomic E-state index is 13.6. The average molecular weight is 277 g/mol. The molecular weight excluding hydrogens is 257 g/mol. The lowest BCUT2D eigenvalue weighted by atomic mass is 10.1. The van der Waals surface area contributed by atoms with Gasteiger partial charge in [-0.1, -0.05) is 6.07 Å². The topological polar surface area (TPSA) is 48.3 Å². The van der Waals surface area contributed by atoms with Crippen molar-refractivity contribution < 1.29 is 9.13 Å². The summed E-state index contributed by atoms with van der Waals surface area (Å²) in [5.74, 6) is -0.315. The Bertz CT molecular complexity index is 467. The molecule has 1 aromatic rings. The van der Waals surface area contributed by atoms with Crippen LogP contribution in [-0.4, -0.2) is 44.3 Å². The van der Waals surface area contributed by atoms with E-state index >= 15 is 0 Å². The fraction of sp³-hybridized carbons (Fsp3) is 0.533. The predicted octanol–water partition coefficient (Wildman–Crippen LogP) is 1.51. The molecule has 0 unspecified atom stereocenters. The highest BCUT2D eigenvalue weighted by Crippen LogP contribution is 2.09. The van der Waals surface area contributed by atoms with Crippen LogP contribution in [0.1, 0.15) is 17.5 Å². The van der Waals surface area contributed by atoms with E-state index in [1.165, 1.54) is 6.07 Å². The van der Waals surface area contributed by atoms with Gasteiger partial charge in [0.05, 0.1) is 24.8 Å². The Hall–Kier alpha value is -1.48. The van der Waals surface area contributed by atoms with Gasteiger partial charge in [-0.25, -0.2) is 4.39 Å². The van der Waals surface area contributed by atoms with Gasteiger partial charge in [0.1, 0.15) is 5.82 Å². The summed E-state index contributed by atoms with van der Waals surface area (Å²) in [6, 6.07) is 6.53. The number of halogens is 1. The van der Waals surface area contributed by atoms with Crippen LogP contribution in [0, 0.1) is 17.1 Å². The SMILES string of the molecule is N#Cc1ccc(CNCCCN2CCOCC2)c(F)c1. The molecule has 1 heterocycles. The van der Waals surface area contributed by atoms with Gasteiger partial charge in [0.15, 0.2) is 0 Å². The van der Waals surface area contributed by atoms with Crippen LogP contribution in [0.5, 0.6) is 0 Å². The van der Waals surface area contributed by atoms with E-state index < -0.39 is 0 Å². The van der Waals surface area contributed by atoms with E-state index in [1.807, 2.05) is 6.07 Å². The number of nitrogens with one attached hydrogen (secondary N) is 1. The first-order valence-corrected chi connectivity index (χ1v) is 6.99. The number of hydrogen-bond acceptors (Lipinski definition) is 4. The van der Waals surface area contributed by atoms with Crippen LogP contribution in [0.2, 0.25) is 0 Å².